The molecule has 1 N–H and O–H groups in total. The van der Waals surface area contributed by atoms with Crippen LogP contribution >= 0.6 is 11.6 Å². The molecule has 188 valence electrons. The third kappa shape index (κ3) is 5.87. The number of benzene rings is 3. The minimum absolute atomic E-state index is 0.187. The van der Waals surface area contributed by atoms with Crippen molar-refractivity contribution in [3.8, 4) is 5.75 Å². The van der Waals surface area contributed by atoms with Crippen LogP contribution in [0.25, 0.3) is 6.08 Å². The molecule has 1 saturated heterocycles. The van der Waals surface area contributed by atoms with Crippen LogP contribution in [0.1, 0.15) is 34.0 Å². The highest BCUT2D eigenvalue weighted by Crippen LogP contribution is 2.28. The van der Waals surface area contributed by atoms with Gasteiger partial charge in [0.15, 0.2) is 0 Å². The molecular weight excluding hydrogens is 496 g/mol. The second-order valence-corrected chi connectivity index (χ2v) is 8.60. The lowest BCUT2D eigenvalue weighted by molar-refractivity contribution is -0.122. The van der Waals surface area contributed by atoms with Gasteiger partial charge in [0.2, 0.25) is 0 Å². The van der Waals surface area contributed by atoms with Crippen molar-refractivity contribution in [2.75, 3.05) is 11.5 Å². The van der Waals surface area contributed by atoms with Crippen LogP contribution in [0.5, 0.6) is 5.75 Å². The highest BCUT2D eigenvalue weighted by atomic mass is 35.5. The van der Waals surface area contributed by atoms with E-state index >= 15 is 0 Å². The SMILES string of the molecule is CCOC(=O)c1ccc(N2C(=O)NC(=O)/C(=C\c3ccc(OCc4cccc(C)c4)c(Cl)c3)C2=O)cc1. The average Bonchev–Trinajstić information content (AvgIpc) is 2.86. The van der Waals surface area contributed by atoms with Crippen LogP contribution in [0.3, 0.4) is 0 Å². The number of imide groups is 2. The summed E-state index contributed by atoms with van der Waals surface area (Å²) in [5, 5.41) is 2.46. The molecule has 0 aromatic heterocycles. The Hall–Kier alpha value is -4.43. The molecule has 1 fully saturated rings. The number of nitrogens with one attached hydrogen (secondary N) is 1. The van der Waals surface area contributed by atoms with Crippen molar-refractivity contribution in [3.05, 3.63) is 99.6 Å². The van der Waals surface area contributed by atoms with Crippen molar-refractivity contribution >= 4 is 47.2 Å². The number of aryl methyl sites for hydroxylation is 1. The van der Waals surface area contributed by atoms with Gasteiger partial charge in [0.1, 0.15) is 17.9 Å². The van der Waals surface area contributed by atoms with Gasteiger partial charge in [0, 0.05) is 0 Å². The summed E-state index contributed by atoms with van der Waals surface area (Å²) in [5.41, 5.74) is 2.78. The lowest BCUT2D eigenvalue weighted by Crippen LogP contribution is -2.54. The topological polar surface area (TPSA) is 102 Å². The van der Waals surface area contributed by atoms with Gasteiger partial charge in [-0.25, -0.2) is 14.5 Å². The molecule has 3 aromatic rings. The number of rotatable bonds is 7. The number of barbiturate groups is 1. The molecule has 1 heterocycles. The maximum atomic E-state index is 13.1. The van der Waals surface area contributed by atoms with E-state index in [1.807, 2.05) is 31.2 Å². The Kier molecular flexibility index (Phi) is 7.69. The van der Waals surface area contributed by atoms with Crippen LogP contribution in [-0.2, 0) is 20.9 Å². The van der Waals surface area contributed by atoms with E-state index < -0.39 is 23.8 Å². The largest absolute Gasteiger partial charge is 0.487 e. The quantitative estimate of drug-likeness (QED) is 0.266. The fraction of sp³-hybridized carbons (Fsp3) is 0.143. The first-order chi connectivity index (χ1) is 17.8. The average molecular weight is 519 g/mol. The van der Waals surface area contributed by atoms with Crippen LogP contribution in [0.4, 0.5) is 10.5 Å². The third-order valence-corrected chi connectivity index (χ3v) is 5.78. The fourth-order valence-corrected chi connectivity index (χ4v) is 3.95. The van der Waals surface area contributed by atoms with Gasteiger partial charge in [-0.1, -0.05) is 47.5 Å². The lowest BCUT2D eigenvalue weighted by Gasteiger charge is -2.26. The van der Waals surface area contributed by atoms with E-state index in [-0.39, 0.29) is 23.4 Å². The smallest absolute Gasteiger partial charge is 0.338 e. The van der Waals surface area contributed by atoms with Gasteiger partial charge in [-0.05, 0) is 67.4 Å². The molecule has 0 radical (unpaired) electrons. The normalized spacial score (nSPS) is 14.5. The summed E-state index contributed by atoms with van der Waals surface area (Å²) in [7, 11) is 0. The van der Waals surface area contributed by atoms with Crippen LogP contribution in [0, 0.1) is 6.92 Å². The van der Waals surface area contributed by atoms with Gasteiger partial charge in [-0.3, -0.25) is 14.9 Å². The molecule has 3 aromatic carbocycles. The molecule has 0 bridgehead atoms. The summed E-state index contributed by atoms with van der Waals surface area (Å²) in [6.45, 7) is 4.23. The Morgan fingerprint density at radius 1 is 1.03 bits per heavy atom. The van der Waals surface area contributed by atoms with Gasteiger partial charge >= 0.3 is 12.0 Å². The number of ether oxygens (including phenoxy) is 2. The van der Waals surface area contributed by atoms with Crippen LogP contribution in [0.15, 0.2) is 72.3 Å². The number of urea groups is 1. The molecule has 4 rings (SSSR count). The molecule has 9 heteroatoms. The molecule has 1 aliphatic heterocycles. The lowest BCUT2D eigenvalue weighted by atomic mass is 10.1. The van der Waals surface area contributed by atoms with E-state index in [4.69, 9.17) is 21.1 Å². The third-order valence-electron chi connectivity index (χ3n) is 5.48. The first-order valence-corrected chi connectivity index (χ1v) is 11.8. The summed E-state index contributed by atoms with van der Waals surface area (Å²) in [5.74, 6) is -1.72. The number of amides is 4. The predicted molar refractivity (Wildman–Crippen MR) is 138 cm³/mol. The molecular formula is C28H23ClN2O6. The fourth-order valence-electron chi connectivity index (χ4n) is 3.71. The number of carbonyl (C=O) groups excluding carboxylic acids is 4. The zero-order valence-corrected chi connectivity index (χ0v) is 20.9. The van der Waals surface area contributed by atoms with E-state index in [1.54, 1.807) is 25.1 Å². The summed E-state index contributed by atoms with van der Waals surface area (Å²) in [6, 6.07) is 17.6. The Balaban J connectivity index is 1.54. The van der Waals surface area contributed by atoms with Crippen molar-refractivity contribution in [2.45, 2.75) is 20.5 Å². The first-order valence-electron chi connectivity index (χ1n) is 11.4. The molecule has 0 saturated carbocycles. The molecule has 0 atom stereocenters. The van der Waals surface area contributed by atoms with Gasteiger partial charge in [0.25, 0.3) is 11.8 Å². The number of anilines is 1. The Morgan fingerprint density at radius 3 is 2.46 bits per heavy atom. The Labute approximate surface area is 218 Å². The molecule has 1 aliphatic rings. The van der Waals surface area contributed by atoms with Crippen molar-refractivity contribution in [1.29, 1.82) is 0 Å². The summed E-state index contributed by atoms with van der Waals surface area (Å²) in [6.07, 6.45) is 1.35. The van der Waals surface area contributed by atoms with Crippen LogP contribution in [-0.4, -0.2) is 30.4 Å². The van der Waals surface area contributed by atoms with E-state index in [9.17, 15) is 19.2 Å². The van der Waals surface area contributed by atoms with Crippen molar-refractivity contribution in [3.63, 3.8) is 0 Å². The second kappa shape index (κ2) is 11.1. The van der Waals surface area contributed by atoms with Gasteiger partial charge < -0.3 is 9.47 Å². The predicted octanol–water partition coefficient (Wildman–Crippen LogP) is 5.07. The number of carbonyl (C=O) groups is 4. The molecule has 0 spiro atoms. The maximum Gasteiger partial charge on any atom is 0.338 e. The molecule has 8 nitrogen and oxygen atoms in total. The van der Waals surface area contributed by atoms with Gasteiger partial charge in [0.05, 0.1) is 22.9 Å². The minimum atomic E-state index is -0.894. The van der Waals surface area contributed by atoms with E-state index in [0.29, 0.717) is 22.9 Å². The van der Waals surface area contributed by atoms with E-state index in [2.05, 4.69) is 5.32 Å². The number of nitrogens with zero attached hydrogens (tertiary/aromatic N) is 1. The highest BCUT2D eigenvalue weighted by Gasteiger charge is 2.36. The van der Waals surface area contributed by atoms with Crippen molar-refractivity contribution in [1.82, 2.24) is 5.32 Å². The standard InChI is InChI=1S/C28H23ClN2O6/c1-3-36-27(34)20-8-10-21(11-9-20)31-26(33)22(25(32)30-28(31)35)14-18-7-12-24(23(29)15-18)37-16-19-6-4-5-17(2)13-19/h4-15H,3,16H2,1-2H3,(H,30,32,35)/b22-14+. The molecule has 4 amide bonds. The number of esters is 1. The van der Waals surface area contributed by atoms with Crippen LogP contribution in [0.2, 0.25) is 5.02 Å². The zero-order valence-electron chi connectivity index (χ0n) is 20.1. The number of halogens is 1. The summed E-state index contributed by atoms with van der Waals surface area (Å²) >= 11 is 6.39. The van der Waals surface area contributed by atoms with E-state index in [0.717, 1.165) is 16.0 Å². The zero-order chi connectivity index (χ0) is 26.5. The highest BCUT2D eigenvalue weighted by molar-refractivity contribution is 6.39. The van der Waals surface area contributed by atoms with Crippen LogP contribution < -0.4 is 15.0 Å². The Bertz CT molecular complexity index is 1410. The number of hydrogen-bond acceptors (Lipinski definition) is 6. The van der Waals surface area contributed by atoms with E-state index in [1.165, 1.54) is 30.3 Å². The monoisotopic (exact) mass is 518 g/mol. The Morgan fingerprint density at radius 2 is 1.78 bits per heavy atom. The molecule has 0 unspecified atom stereocenters. The second-order valence-electron chi connectivity index (χ2n) is 8.19. The first kappa shape index (κ1) is 25.7. The maximum absolute atomic E-state index is 13.1. The molecule has 0 aliphatic carbocycles. The van der Waals surface area contributed by atoms with Crippen molar-refractivity contribution < 1.29 is 28.7 Å². The molecule has 37 heavy (non-hydrogen) atoms. The minimum Gasteiger partial charge on any atom is -0.487 e. The van der Waals surface area contributed by atoms with Gasteiger partial charge in [-0.2, -0.15) is 0 Å². The van der Waals surface area contributed by atoms with Gasteiger partial charge in [-0.15, -0.1) is 0 Å². The van der Waals surface area contributed by atoms with Crippen molar-refractivity contribution in [2.24, 2.45) is 0 Å². The summed E-state index contributed by atoms with van der Waals surface area (Å²) in [4.78, 5) is 50.8. The summed E-state index contributed by atoms with van der Waals surface area (Å²) < 4.78 is 10.8. The number of hydrogen-bond donors (Lipinski definition) is 1.